The number of hydrogen-bond acceptors (Lipinski definition) is 8. The average Bonchev–Trinajstić information content (AvgIpc) is 3.36. The van der Waals surface area contributed by atoms with Gasteiger partial charge in [-0.2, -0.15) is 0 Å². The molecule has 3 amide bonds. The van der Waals surface area contributed by atoms with Crippen molar-refractivity contribution in [3.05, 3.63) is 54.4 Å². The summed E-state index contributed by atoms with van der Waals surface area (Å²) in [7, 11) is 1.56. The molecule has 4 heterocycles. The second-order valence-electron chi connectivity index (χ2n) is 10.6. The molecule has 3 unspecified atom stereocenters. The molecule has 3 aliphatic rings. The van der Waals surface area contributed by atoms with E-state index >= 15 is 0 Å². The molecule has 2 aromatic heterocycles. The van der Waals surface area contributed by atoms with Crippen molar-refractivity contribution in [2.75, 3.05) is 20.2 Å². The molecule has 0 bridgehead atoms. The molecule has 2 aliphatic heterocycles. The van der Waals surface area contributed by atoms with Crippen LogP contribution in [0.15, 0.2) is 53.2 Å². The zero-order valence-corrected chi connectivity index (χ0v) is 22.1. The zero-order chi connectivity index (χ0) is 27.8. The molecule has 1 aliphatic carbocycles. The van der Waals surface area contributed by atoms with Gasteiger partial charge in [-0.3, -0.25) is 19.4 Å². The number of fused-ring (bicyclic) bond motifs is 2. The van der Waals surface area contributed by atoms with Gasteiger partial charge in [-0.1, -0.05) is 18.9 Å². The van der Waals surface area contributed by atoms with Crippen LogP contribution in [-0.4, -0.2) is 76.8 Å². The van der Waals surface area contributed by atoms with E-state index in [0.717, 1.165) is 18.4 Å². The van der Waals surface area contributed by atoms with E-state index in [0.29, 0.717) is 42.0 Å². The summed E-state index contributed by atoms with van der Waals surface area (Å²) in [5, 5.41) is 3.41. The van der Waals surface area contributed by atoms with Crippen molar-refractivity contribution in [1.29, 1.82) is 0 Å². The van der Waals surface area contributed by atoms with E-state index in [-0.39, 0.29) is 42.6 Å². The number of ketones is 1. The molecule has 208 valence electrons. The van der Waals surface area contributed by atoms with E-state index in [1.807, 2.05) is 6.07 Å². The number of pyridine rings is 1. The third-order valence-corrected chi connectivity index (χ3v) is 7.85. The largest absolute Gasteiger partial charge is 0.497 e. The van der Waals surface area contributed by atoms with Gasteiger partial charge in [0, 0.05) is 30.4 Å². The van der Waals surface area contributed by atoms with Crippen LogP contribution in [0.5, 0.6) is 11.7 Å². The Kier molecular flexibility index (Phi) is 6.87. The lowest BCUT2D eigenvalue weighted by molar-refractivity contribution is -0.138. The first-order valence-electron chi connectivity index (χ1n) is 13.5. The number of aromatic nitrogens is 1. The highest BCUT2D eigenvalue weighted by molar-refractivity contribution is 5.99. The highest BCUT2D eigenvalue weighted by Crippen LogP contribution is 2.36. The summed E-state index contributed by atoms with van der Waals surface area (Å²) in [6, 6.07) is 8.44. The molecule has 3 fully saturated rings. The molecule has 6 rings (SSSR count). The predicted octanol–water partition coefficient (Wildman–Crippen LogP) is 2.72. The molecule has 1 N–H and O–H groups in total. The third-order valence-electron chi connectivity index (χ3n) is 7.85. The Morgan fingerprint density at radius 3 is 2.75 bits per heavy atom. The SMILES string of the molecule is COc1ccc2oc(OC(=O)NC(CC3CC3)C(=O)N3CCC4C3C(=O)CN4C(=O)Cc3cccnc3)cc2c1. The minimum atomic E-state index is -0.851. The molecule has 1 aromatic carbocycles. The standard InChI is InChI=1S/C29H30N4O7/c1-38-20-6-7-24-19(13-20)14-26(39-24)40-29(37)31-21(11-17-4-5-17)28(36)32-10-8-22-27(32)23(34)16-33(22)25(35)12-18-3-2-9-30-15-18/h2-3,6-7,9,13-15,17,21-22,27H,4-5,8,10-12,16H2,1H3,(H,31,37). The van der Waals surface area contributed by atoms with Gasteiger partial charge in [0.25, 0.3) is 5.95 Å². The molecule has 2 saturated heterocycles. The van der Waals surface area contributed by atoms with Crippen LogP contribution in [0.3, 0.4) is 0 Å². The first kappa shape index (κ1) is 25.8. The second-order valence-corrected chi connectivity index (χ2v) is 10.6. The van der Waals surface area contributed by atoms with E-state index in [1.165, 1.54) is 4.90 Å². The van der Waals surface area contributed by atoms with Crippen molar-refractivity contribution in [3.63, 3.8) is 0 Å². The maximum atomic E-state index is 13.7. The number of nitrogens with one attached hydrogen (secondary N) is 1. The van der Waals surface area contributed by atoms with Gasteiger partial charge in [0.05, 0.1) is 26.1 Å². The van der Waals surface area contributed by atoms with E-state index in [2.05, 4.69) is 10.3 Å². The lowest BCUT2D eigenvalue weighted by atomic mass is 10.1. The van der Waals surface area contributed by atoms with Gasteiger partial charge >= 0.3 is 6.09 Å². The molecule has 11 heteroatoms. The minimum Gasteiger partial charge on any atom is -0.497 e. The van der Waals surface area contributed by atoms with Crippen molar-refractivity contribution in [2.24, 2.45) is 5.92 Å². The number of likely N-dealkylation sites (tertiary alicyclic amines) is 2. The lowest BCUT2D eigenvalue weighted by Crippen LogP contribution is -2.53. The molecular formula is C29H30N4O7. The molecule has 3 atom stereocenters. The number of methoxy groups -OCH3 is 1. The fraction of sp³-hybridized carbons (Fsp3) is 0.414. The van der Waals surface area contributed by atoms with Gasteiger partial charge in [-0.05, 0) is 48.6 Å². The van der Waals surface area contributed by atoms with Crippen molar-refractivity contribution in [2.45, 2.75) is 50.2 Å². The number of furan rings is 1. The lowest BCUT2D eigenvalue weighted by Gasteiger charge is -2.28. The highest BCUT2D eigenvalue weighted by Gasteiger charge is 2.52. The first-order valence-corrected chi connectivity index (χ1v) is 13.5. The number of carbonyl (C=O) groups excluding carboxylic acids is 4. The highest BCUT2D eigenvalue weighted by atomic mass is 16.6. The average molecular weight is 547 g/mol. The number of ether oxygens (including phenoxy) is 2. The molecule has 40 heavy (non-hydrogen) atoms. The summed E-state index contributed by atoms with van der Waals surface area (Å²) in [5.74, 6) is 0.294. The summed E-state index contributed by atoms with van der Waals surface area (Å²) in [4.78, 5) is 59.8. The maximum absolute atomic E-state index is 13.7. The number of hydrogen-bond donors (Lipinski definition) is 1. The topological polar surface area (TPSA) is 131 Å². The van der Waals surface area contributed by atoms with Crippen LogP contribution >= 0.6 is 0 Å². The third kappa shape index (κ3) is 5.23. The number of carbonyl (C=O) groups is 4. The number of rotatable bonds is 8. The van der Waals surface area contributed by atoms with Crippen molar-refractivity contribution in [1.82, 2.24) is 20.1 Å². The second kappa shape index (κ2) is 10.6. The number of benzene rings is 1. The molecule has 0 spiro atoms. The van der Waals surface area contributed by atoms with Crippen molar-refractivity contribution >= 4 is 34.7 Å². The normalized spacial score (nSPS) is 20.9. The number of nitrogens with zero attached hydrogens (tertiary/aromatic N) is 3. The van der Waals surface area contributed by atoms with Gasteiger partial charge in [-0.15, -0.1) is 0 Å². The Balaban J connectivity index is 1.12. The van der Waals surface area contributed by atoms with Gasteiger partial charge in [0.2, 0.25) is 11.8 Å². The Bertz CT molecular complexity index is 1450. The zero-order valence-electron chi connectivity index (χ0n) is 22.1. The summed E-state index contributed by atoms with van der Waals surface area (Å²) in [5.41, 5.74) is 1.30. The van der Waals surface area contributed by atoms with Crippen LogP contribution in [0.25, 0.3) is 11.0 Å². The van der Waals surface area contributed by atoms with Crippen molar-refractivity contribution in [3.8, 4) is 11.7 Å². The van der Waals surface area contributed by atoms with Crippen molar-refractivity contribution < 1.29 is 33.1 Å². The van der Waals surface area contributed by atoms with E-state index in [4.69, 9.17) is 13.9 Å². The monoisotopic (exact) mass is 546 g/mol. The van der Waals surface area contributed by atoms with Crippen LogP contribution < -0.4 is 14.8 Å². The van der Waals surface area contributed by atoms with Gasteiger partial charge in [-0.25, -0.2) is 4.79 Å². The number of Topliss-reactive ketones (excluding diaryl/α,β-unsaturated/α-hetero) is 1. The smallest absolute Gasteiger partial charge is 0.415 e. The Labute approximate surface area is 230 Å². The van der Waals surface area contributed by atoms with Crippen LogP contribution in [0, 0.1) is 5.92 Å². The fourth-order valence-electron chi connectivity index (χ4n) is 5.71. The Morgan fingerprint density at radius 2 is 2.00 bits per heavy atom. The minimum absolute atomic E-state index is 0.00616. The van der Waals surface area contributed by atoms with Gasteiger partial charge in [0.15, 0.2) is 5.78 Å². The van der Waals surface area contributed by atoms with E-state index in [1.54, 1.807) is 54.7 Å². The summed E-state index contributed by atoms with van der Waals surface area (Å²) < 4.78 is 16.2. The van der Waals surface area contributed by atoms with Gasteiger partial charge in [0.1, 0.15) is 23.4 Å². The molecule has 0 radical (unpaired) electrons. The van der Waals surface area contributed by atoms with Crippen LogP contribution in [0.2, 0.25) is 0 Å². The molecular weight excluding hydrogens is 516 g/mol. The summed E-state index contributed by atoms with van der Waals surface area (Å²) in [6.07, 6.45) is 5.52. The summed E-state index contributed by atoms with van der Waals surface area (Å²) >= 11 is 0. The number of amides is 3. The van der Waals surface area contributed by atoms with Gasteiger partial charge < -0.3 is 29.0 Å². The van der Waals surface area contributed by atoms with Crippen LogP contribution in [0.4, 0.5) is 4.79 Å². The predicted molar refractivity (Wildman–Crippen MR) is 142 cm³/mol. The molecule has 11 nitrogen and oxygen atoms in total. The Morgan fingerprint density at radius 1 is 1.15 bits per heavy atom. The van der Waals surface area contributed by atoms with E-state index < -0.39 is 18.2 Å². The first-order chi connectivity index (χ1) is 19.4. The quantitative estimate of drug-likeness (QED) is 0.456. The van der Waals surface area contributed by atoms with E-state index in [9.17, 15) is 19.2 Å². The van der Waals surface area contributed by atoms with Crippen LogP contribution in [0.1, 0.15) is 31.2 Å². The van der Waals surface area contributed by atoms with Crippen LogP contribution in [-0.2, 0) is 20.8 Å². The maximum Gasteiger partial charge on any atom is 0.415 e. The molecule has 1 saturated carbocycles. The molecule has 3 aromatic rings. The fourth-order valence-corrected chi connectivity index (χ4v) is 5.71. The Hall–Kier alpha value is -4.41. The summed E-state index contributed by atoms with van der Waals surface area (Å²) in [6.45, 7) is 0.303.